The second kappa shape index (κ2) is 4.98. The number of alkyl halides is 3. The Bertz CT molecular complexity index is 803. The van der Waals surface area contributed by atoms with Crippen LogP contribution in [0.5, 0.6) is 0 Å². The minimum atomic E-state index is -4.34. The molecule has 3 rings (SSSR count). The van der Waals surface area contributed by atoms with Gasteiger partial charge in [-0.3, -0.25) is 0 Å². The van der Waals surface area contributed by atoms with Gasteiger partial charge in [-0.1, -0.05) is 18.1 Å². The molecule has 0 radical (unpaired) electrons. The summed E-state index contributed by atoms with van der Waals surface area (Å²) in [6, 6.07) is 11.8. The fraction of sp³-hybridized carbons (Fsp3) is 0.0625. The molecule has 0 aliphatic heterocycles. The minimum absolute atomic E-state index is 0.232. The summed E-state index contributed by atoms with van der Waals surface area (Å²) in [5, 5.41) is 0. The molecule has 1 heterocycles. The highest BCUT2D eigenvalue weighted by atomic mass is 19.4. The lowest BCUT2D eigenvalue weighted by Crippen LogP contribution is -2.04. The number of para-hydroxylation sites is 2. The molecule has 0 amide bonds. The van der Waals surface area contributed by atoms with Crippen LogP contribution in [0.2, 0.25) is 0 Å². The predicted octanol–water partition coefficient (Wildman–Crippen LogP) is 4.25. The maximum absolute atomic E-state index is 12.4. The van der Waals surface area contributed by atoms with Crippen LogP contribution >= 0.6 is 0 Å². The lowest BCUT2D eigenvalue weighted by Gasteiger charge is -2.05. The number of fused-ring (bicyclic) bond motifs is 1. The van der Waals surface area contributed by atoms with E-state index >= 15 is 0 Å². The number of halogens is 3. The summed E-state index contributed by atoms with van der Waals surface area (Å²) in [5.74, 6) is 5.66. The normalized spacial score (nSPS) is 11.2. The van der Waals surface area contributed by atoms with Gasteiger partial charge in [-0.2, -0.15) is 13.2 Å². The van der Waals surface area contributed by atoms with Crippen molar-refractivity contribution in [3.8, 4) is 11.8 Å². The summed E-state index contributed by atoms with van der Waals surface area (Å²) >= 11 is 0. The smallest absolute Gasteiger partial charge is 0.416 e. The van der Waals surface area contributed by atoms with Gasteiger partial charge in [0.2, 0.25) is 0 Å². The van der Waals surface area contributed by atoms with Crippen LogP contribution in [-0.4, -0.2) is 4.98 Å². The van der Waals surface area contributed by atoms with Crippen LogP contribution in [0.15, 0.2) is 52.9 Å². The average Bonchev–Trinajstić information content (AvgIpc) is 2.87. The second-order valence-corrected chi connectivity index (χ2v) is 4.31. The summed E-state index contributed by atoms with van der Waals surface area (Å²) in [5.41, 5.74) is 1.07. The molecule has 0 aliphatic carbocycles. The Labute approximate surface area is 118 Å². The predicted molar refractivity (Wildman–Crippen MR) is 71.4 cm³/mol. The molecule has 0 saturated carbocycles. The van der Waals surface area contributed by atoms with Crippen molar-refractivity contribution in [3.05, 3.63) is 65.5 Å². The fourth-order valence-electron chi connectivity index (χ4n) is 1.79. The van der Waals surface area contributed by atoms with Crippen LogP contribution in [0.25, 0.3) is 11.1 Å². The Morgan fingerprint density at radius 2 is 1.62 bits per heavy atom. The first kappa shape index (κ1) is 13.3. The standard InChI is InChI=1S/C16H8F3NO/c17-16(18,19)12-8-5-11(6-9-12)7-10-15-20-13-3-1-2-4-14(13)21-15/h1-6,8-9H. The van der Waals surface area contributed by atoms with Gasteiger partial charge in [0.15, 0.2) is 5.58 Å². The molecule has 0 unspecified atom stereocenters. The van der Waals surface area contributed by atoms with Gasteiger partial charge in [0, 0.05) is 5.56 Å². The highest BCUT2D eigenvalue weighted by Gasteiger charge is 2.29. The quantitative estimate of drug-likeness (QED) is 0.578. The number of oxazole rings is 1. The zero-order chi connectivity index (χ0) is 14.9. The first-order chi connectivity index (χ1) is 10.0. The highest BCUT2D eigenvalue weighted by Crippen LogP contribution is 2.28. The van der Waals surface area contributed by atoms with Crippen LogP contribution in [0.1, 0.15) is 17.0 Å². The Balaban J connectivity index is 1.87. The Hall–Kier alpha value is -2.74. The van der Waals surface area contributed by atoms with Crippen molar-refractivity contribution in [3.63, 3.8) is 0 Å². The third kappa shape index (κ3) is 2.90. The van der Waals surface area contributed by atoms with E-state index < -0.39 is 11.7 Å². The summed E-state index contributed by atoms with van der Waals surface area (Å²) < 4.78 is 42.7. The summed E-state index contributed by atoms with van der Waals surface area (Å²) in [7, 11) is 0. The zero-order valence-corrected chi connectivity index (χ0v) is 10.6. The van der Waals surface area contributed by atoms with Crippen molar-refractivity contribution in [2.75, 3.05) is 0 Å². The molecule has 2 aromatic carbocycles. The Morgan fingerprint density at radius 1 is 0.905 bits per heavy atom. The third-order valence-electron chi connectivity index (χ3n) is 2.82. The van der Waals surface area contributed by atoms with Crippen LogP contribution < -0.4 is 0 Å². The van der Waals surface area contributed by atoms with Gasteiger partial charge in [-0.15, -0.1) is 0 Å². The molecule has 5 heteroatoms. The number of aromatic nitrogens is 1. The Morgan fingerprint density at radius 3 is 2.29 bits per heavy atom. The molecular formula is C16H8F3NO. The Kier molecular flexibility index (Phi) is 3.15. The molecule has 0 N–H and O–H groups in total. The van der Waals surface area contributed by atoms with Crippen molar-refractivity contribution in [2.45, 2.75) is 6.18 Å². The van der Waals surface area contributed by atoms with E-state index in [0.717, 1.165) is 12.1 Å². The molecule has 0 atom stereocenters. The summed E-state index contributed by atoms with van der Waals surface area (Å²) in [6.07, 6.45) is -4.34. The number of hydrogen-bond donors (Lipinski definition) is 0. The first-order valence-electron chi connectivity index (χ1n) is 6.07. The van der Waals surface area contributed by atoms with Crippen LogP contribution in [-0.2, 0) is 6.18 Å². The molecule has 3 aromatic rings. The second-order valence-electron chi connectivity index (χ2n) is 4.31. The minimum Gasteiger partial charge on any atom is -0.430 e. The van der Waals surface area contributed by atoms with E-state index in [1.165, 1.54) is 12.1 Å². The van der Waals surface area contributed by atoms with E-state index in [9.17, 15) is 13.2 Å². The number of hydrogen-bond acceptors (Lipinski definition) is 2. The first-order valence-corrected chi connectivity index (χ1v) is 6.07. The molecule has 0 bridgehead atoms. The van der Waals surface area contributed by atoms with Crippen molar-refractivity contribution >= 4 is 11.1 Å². The van der Waals surface area contributed by atoms with Crippen molar-refractivity contribution in [1.82, 2.24) is 4.98 Å². The lowest BCUT2D eigenvalue weighted by molar-refractivity contribution is -0.137. The lowest BCUT2D eigenvalue weighted by atomic mass is 10.1. The van der Waals surface area contributed by atoms with Crippen molar-refractivity contribution in [1.29, 1.82) is 0 Å². The zero-order valence-electron chi connectivity index (χ0n) is 10.6. The third-order valence-corrected chi connectivity index (χ3v) is 2.82. The largest absolute Gasteiger partial charge is 0.430 e. The maximum Gasteiger partial charge on any atom is 0.416 e. The van der Waals surface area contributed by atoms with Gasteiger partial charge < -0.3 is 4.42 Å². The molecule has 2 nitrogen and oxygen atoms in total. The maximum atomic E-state index is 12.4. The van der Waals surface area contributed by atoms with Crippen LogP contribution in [0, 0.1) is 11.8 Å². The monoisotopic (exact) mass is 287 g/mol. The topological polar surface area (TPSA) is 26.0 Å². The van der Waals surface area contributed by atoms with E-state index in [0.29, 0.717) is 16.7 Å². The van der Waals surface area contributed by atoms with E-state index in [4.69, 9.17) is 4.42 Å². The summed E-state index contributed by atoms with van der Waals surface area (Å²) in [6.45, 7) is 0. The van der Waals surface area contributed by atoms with Gasteiger partial charge in [0.25, 0.3) is 5.89 Å². The highest BCUT2D eigenvalue weighted by molar-refractivity contribution is 5.72. The molecule has 21 heavy (non-hydrogen) atoms. The van der Waals surface area contributed by atoms with Gasteiger partial charge >= 0.3 is 6.18 Å². The molecular weight excluding hydrogens is 279 g/mol. The SMILES string of the molecule is FC(F)(F)c1ccc(C#Cc2nc3ccccc3o2)cc1. The van der Waals surface area contributed by atoms with E-state index in [-0.39, 0.29) is 5.89 Å². The number of rotatable bonds is 0. The van der Waals surface area contributed by atoms with Crippen molar-refractivity contribution in [2.24, 2.45) is 0 Å². The van der Waals surface area contributed by atoms with E-state index in [1.807, 2.05) is 12.1 Å². The van der Waals surface area contributed by atoms with Gasteiger partial charge in [0.1, 0.15) is 5.52 Å². The number of benzene rings is 2. The molecule has 104 valence electrons. The van der Waals surface area contributed by atoms with Gasteiger partial charge in [-0.05, 0) is 42.3 Å². The number of nitrogens with zero attached hydrogens (tertiary/aromatic N) is 1. The van der Waals surface area contributed by atoms with Gasteiger partial charge in [0.05, 0.1) is 5.56 Å². The molecule has 0 spiro atoms. The van der Waals surface area contributed by atoms with Crippen LogP contribution in [0.3, 0.4) is 0 Å². The van der Waals surface area contributed by atoms with Crippen LogP contribution in [0.4, 0.5) is 13.2 Å². The van der Waals surface area contributed by atoms with Gasteiger partial charge in [-0.25, -0.2) is 4.98 Å². The molecule has 0 saturated heterocycles. The molecule has 1 aromatic heterocycles. The molecule has 0 fully saturated rings. The molecule has 0 aliphatic rings. The fourth-order valence-corrected chi connectivity index (χ4v) is 1.79. The average molecular weight is 287 g/mol. The summed E-state index contributed by atoms with van der Waals surface area (Å²) in [4.78, 5) is 4.16. The van der Waals surface area contributed by atoms with E-state index in [2.05, 4.69) is 16.8 Å². The van der Waals surface area contributed by atoms with E-state index in [1.54, 1.807) is 12.1 Å². The van der Waals surface area contributed by atoms with Crippen molar-refractivity contribution < 1.29 is 17.6 Å².